The van der Waals surface area contributed by atoms with Crippen molar-refractivity contribution in [1.29, 1.82) is 0 Å². The largest absolute Gasteiger partial charge is 0.334 e. The molecule has 36 heavy (non-hydrogen) atoms. The second kappa shape index (κ2) is 9.99. The van der Waals surface area contributed by atoms with Crippen LogP contribution in [-0.4, -0.2) is 21.1 Å². The SMILES string of the molecule is CCc1ccc(C2NC(=O)N(Cc3ccc(Cl)cc3)C(C)=C2c2nc(-c3cccc(C)c3)no2)cc1. The molecule has 0 saturated heterocycles. The summed E-state index contributed by atoms with van der Waals surface area (Å²) < 4.78 is 5.80. The molecule has 1 aliphatic rings. The molecule has 1 N–H and O–H groups in total. The zero-order valence-electron chi connectivity index (χ0n) is 20.5. The van der Waals surface area contributed by atoms with Crippen molar-refractivity contribution in [2.75, 3.05) is 0 Å². The van der Waals surface area contributed by atoms with Crippen LogP contribution in [0.25, 0.3) is 17.0 Å². The fourth-order valence-electron chi connectivity index (χ4n) is 4.45. The summed E-state index contributed by atoms with van der Waals surface area (Å²) in [6.07, 6.45) is 0.942. The molecule has 7 heteroatoms. The number of nitrogens with one attached hydrogen (secondary N) is 1. The first kappa shape index (κ1) is 23.8. The summed E-state index contributed by atoms with van der Waals surface area (Å²) in [6, 6.07) is 23.1. The highest BCUT2D eigenvalue weighted by molar-refractivity contribution is 6.30. The van der Waals surface area contributed by atoms with E-state index in [0.717, 1.165) is 39.9 Å². The summed E-state index contributed by atoms with van der Waals surface area (Å²) in [4.78, 5) is 19.8. The molecule has 1 aliphatic heterocycles. The maximum Gasteiger partial charge on any atom is 0.322 e. The van der Waals surface area contributed by atoms with Crippen LogP contribution in [0.5, 0.6) is 0 Å². The Labute approximate surface area is 215 Å². The molecule has 1 aromatic heterocycles. The van der Waals surface area contributed by atoms with Crippen LogP contribution in [0.2, 0.25) is 5.02 Å². The number of allylic oxidation sites excluding steroid dienone is 1. The molecule has 0 fully saturated rings. The lowest BCUT2D eigenvalue weighted by molar-refractivity contribution is 0.203. The lowest BCUT2D eigenvalue weighted by Gasteiger charge is -2.35. The summed E-state index contributed by atoms with van der Waals surface area (Å²) >= 11 is 6.06. The van der Waals surface area contributed by atoms with Gasteiger partial charge in [-0.25, -0.2) is 4.79 Å². The van der Waals surface area contributed by atoms with Crippen molar-refractivity contribution in [3.63, 3.8) is 0 Å². The summed E-state index contributed by atoms with van der Waals surface area (Å²) in [5.41, 5.74) is 6.68. The van der Waals surface area contributed by atoms with Gasteiger partial charge >= 0.3 is 6.03 Å². The van der Waals surface area contributed by atoms with Gasteiger partial charge in [0.1, 0.15) is 0 Å². The molecule has 0 saturated carbocycles. The highest BCUT2D eigenvalue weighted by atomic mass is 35.5. The number of amides is 2. The average Bonchev–Trinajstić information content (AvgIpc) is 3.37. The number of halogens is 1. The molecule has 6 nitrogen and oxygen atoms in total. The van der Waals surface area contributed by atoms with Crippen molar-refractivity contribution in [2.45, 2.75) is 39.8 Å². The number of rotatable bonds is 6. The number of nitrogens with zero attached hydrogens (tertiary/aromatic N) is 3. The minimum Gasteiger partial charge on any atom is -0.334 e. The molecule has 0 aliphatic carbocycles. The Morgan fingerprint density at radius 1 is 1.00 bits per heavy atom. The zero-order valence-corrected chi connectivity index (χ0v) is 21.2. The Kier molecular flexibility index (Phi) is 6.61. The summed E-state index contributed by atoms with van der Waals surface area (Å²) in [6.45, 7) is 6.46. The molecule has 5 rings (SSSR count). The van der Waals surface area contributed by atoms with Gasteiger partial charge in [-0.05, 0) is 55.2 Å². The van der Waals surface area contributed by atoms with E-state index >= 15 is 0 Å². The third-order valence-corrected chi connectivity index (χ3v) is 6.76. The van der Waals surface area contributed by atoms with E-state index in [1.165, 1.54) is 5.56 Å². The number of hydrogen-bond donors (Lipinski definition) is 1. The summed E-state index contributed by atoms with van der Waals surface area (Å²) in [7, 11) is 0. The maximum absolute atomic E-state index is 13.3. The number of hydrogen-bond acceptors (Lipinski definition) is 4. The van der Waals surface area contributed by atoms with Crippen molar-refractivity contribution >= 4 is 23.2 Å². The molecular weight excluding hydrogens is 472 g/mol. The summed E-state index contributed by atoms with van der Waals surface area (Å²) in [5.74, 6) is 0.893. The van der Waals surface area contributed by atoms with E-state index in [1.807, 2.05) is 74.5 Å². The minimum absolute atomic E-state index is 0.186. The number of carbonyl (C=O) groups is 1. The number of benzene rings is 3. The monoisotopic (exact) mass is 498 g/mol. The quantitative estimate of drug-likeness (QED) is 0.312. The topological polar surface area (TPSA) is 71.3 Å². The first-order valence-electron chi connectivity index (χ1n) is 12.0. The van der Waals surface area contributed by atoms with Crippen LogP contribution in [0, 0.1) is 6.92 Å². The predicted molar refractivity (Wildman–Crippen MR) is 141 cm³/mol. The molecule has 0 radical (unpaired) electrons. The van der Waals surface area contributed by atoms with Gasteiger partial charge < -0.3 is 9.84 Å². The highest BCUT2D eigenvalue weighted by Crippen LogP contribution is 2.38. The third kappa shape index (κ3) is 4.77. The number of aromatic nitrogens is 2. The first-order chi connectivity index (χ1) is 17.4. The highest BCUT2D eigenvalue weighted by Gasteiger charge is 2.35. The van der Waals surface area contributed by atoms with Crippen molar-refractivity contribution in [1.82, 2.24) is 20.4 Å². The van der Waals surface area contributed by atoms with E-state index in [1.54, 1.807) is 4.90 Å². The second-order valence-electron chi connectivity index (χ2n) is 8.98. The standard InChI is InChI=1S/C29H27ClN4O2/c1-4-20-8-12-22(13-9-20)26-25(28-32-27(33-36-28)23-7-5-6-18(2)16-23)19(3)34(29(35)31-26)17-21-10-14-24(30)15-11-21/h5-16,26H,4,17H2,1-3H3,(H,31,35). The van der Waals surface area contributed by atoms with Crippen LogP contribution in [0.1, 0.15) is 48.0 Å². The Bertz CT molecular complexity index is 1420. The van der Waals surface area contributed by atoms with Gasteiger partial charge in [0.25, 0.3) is 5.89 Å². The van der Waals surface area contributed by atoms with Crippen molar-refractivity contribution in [3.8, 4) is 11.4 Å². The van der Waals surface area contributed by atoms with E-state index < -0.39 is 6.04 Å². The second-order valence-corrected chi connectivity index (χ2v) is 9.42. The lowest BCUT2D eigenvalue weighted by Crippen LogP contribution is -2.45. The molecule has 4 aromatic rings. The summed E-state index contributed by atoms with van der Waals surface area (Å²) in [5, 5.41) is 8.08. The number of urea groups is 1. The zero-order chi connectivity index (χ0) is 25.2. The normalized spacial score (nSPS) is 15.8. The molecule has 3 aromatic carbocycles. The lowest BCUT2D eigenvalue weighted by atomic mass is 9.93. The van der Waals surface area contributed by atoms with Crippen LogP contribution < -0.4 is 5.32 Å². The Morgan fingerprint density at radius 2 is 1.72 bits per heavy atom. The number of aryl methyl sites for hydroxylation is 2. The Balaban J connectivity index is 1.59. The fraction of sp³-hybridized carbons (Fsp3) is 0.207. The molecule has 0 bridgehead atoms. The predicted octanol–water partition coefficient (Wildman–Crippen LogP) is 6.96. The van der Waals surface area contributed by atoms with Crippen molar-refractivity contribution in [3.05, 3.63) is 112 Å². The van der Waals surface area contributed by atoms with Gasteiger partial charge in [0, 0.05) is 16.3 Å². The van der Waals surface area contributed by atoms with Crippen LogP contribution >= 0.6 is 11.6 Å². The third-order valence-electron chi connectivity index (χ3n) is 6.50. The van der Waals surface area contributed by atoms with Crippen molar-refractivity contribution < 1.29 is 9.32 Å². The first-order valence-corrected chi connectivity index (χ1v) is 12.3. The van der Waals surface area contributed by atoms with Crippen LogP contribution in [0.4, 0.5) is 4.79 Å². The molecule has 0 spiro atoms. The average molecular weight is 499 g/mol. The van der Waals surface area contributed by atoms with E-state index in [-0.39, 0.29) is 6.03 Å². The molecule has 1 unspecified atom stereocenters. The molecule has 2 heterocycles. The molecule has 2 amide bonds. The smallest absolute Gasteiger partial charge is 0.322 e. The van der Waals surface area contributed by atoms with Gasteiger partial charge in [-0.3, -0.25) is 4.90 Å². The van der Waals surface area contributed by atoms with Crippen LogP contribution in [-0.2, 0) is 13.0 Å². The van der Waals surface area contributed by atoms with Crippen LogP contribution in [0.3, 0.4) is 0 Å². The number of carbonyl (C=O) groups excluding carboxylic acids is 1. The van der Waals surface area contributed by atoms with Crippen molar-refractivity contribution in [2.24, 2.45) is 0 Å². The fourth-order valence-corrected chi connectivity index (χ4v) is 4.58. The Morgan fingerprint density at radius 3 is 2.42 bits per heavy atom. The van der Waals surface area contributed by atoms with E-state index in [9.17, 15) is 4.79 Å². The van der Waals surface area contributed by atoms with Gasteiger partial charge in [0.2, 0.25) is 5.82 Å². The minimum atomic E-state index is -0.421. The van der Waals surface area contributed by atoms with Gasteiger partial charge in [-0.2, -0.15) is 4.98 Å². The van der Waals surface area contributed by atoms with Crippen LogP contribution in [0.15, 0.2) is 83.0 Å². The maximum atomic E-state index is 13.3. The van der Waals surface area contributed by atoms with E-state index in [4.69, 9.17) is 21.1 Å². The Hall–Kier alpha value is -3.90. The molecule has 1 atom stereocenters. The molecular formula is C29H27ClN4O2. The van der Waals surface area contributed by atoms with E-state index in [2.05, 4.69) is 29.5 Å². The van der Waals surface area contributed by atoms with Gasteiger partial charge in [0.05, 0.1) is 18.2 Å². The van der Waals surface area contributed by atoms with E-state index in [0.29, 0.717) is 23.3 Å². The molecule has 182 valence electrons. The van der Waals surface area contributed by atoms with Gasteiger partial charge in [-0.15, -0.1) is 0 Å². The van der Waals surface area contributed by atoms with Gasteiger partial charge in [0.15, 0.2) is 0 Å². The van der Waals surface area contributed by atoms with Gasteiger partial charge in [-0.1, -0.05) is 83.8 Å².